The van der Waals surface area contributed by atoms with Crippen molar-refractivity contribution in [1.82, 2.24) is 4.31 Å². The Morgan fingerprint density at radius 3 is 2.36 bits per heavy atom. The first kappa shape index (κ1) is 22.0. The van der Waals surface area contributed by atoms with Crippen molar-refractivity contribution in [3.05, 3.63) is 47.5 Å². The van der Waals surface area contributed by atoms with E-state index < -0.39 is 10.0 Å². The van der Waals surface area contributed by atoms with E-state index in [0.717, 1.165) is 0 Å². The van der Waals surface area contributed by atoms with Gasteiger partial charge in [0.2, 0.25) is 15.9 Å². The molecule has 0 bridgehead atoms. The zero-order chi connectivity index (χ0) is 20.7. The Hall–Kier alpha value is -2.29. The highest BCUT2D eigenvalue weighted by molar-refractivity contribution is 7.89. The molecular weight excluding hydrogens is 404 g/mol. The number of sulfonamides is 1. The Bertz CT molecular complexity index is 916. The van der Waals surface area contributed by atoms with Crippen LogP contribution in [0.25, 0.3) is 0 Å². The van der Waals surface area contributed by atoms with Gasteiger partial charge >= 0.3 is 0 Å². The summed E-state index contributed by atoms with van der Waals surface area (Å²) in [5.74, 6) is 0.874. The number of nitrogens with one attached hydrogen (secondary N) is 1. The zero-order valence-corrected chi connectivity index (χ0v) is 17.5. The first-order valence-corrected chi connectivity index (χ1v) is 10.3. The summed E-state index contributed by atoms with van der Waals surface area (Å²) in [6.45, 7) is 0.213. The van der Waals surface area contributed by atoms with Crippen molar-refractivity contribution in [1.29, 1.82) is 0 Å². The van der Waals surface area contributed by atoms with Crippen LogP contribution in [0.2, 0.25) is 5.02 Å². The van der Waals surface area contributed by atoms with Crippen LogP contribution < -0.4 is 14.8 Å². The Kier molecular flexibility index (Phi) is 7.68. The molecule has 152 valence electrons. The molecule has 0 radical (unpaired) electrons. The molecule has 0 saturated carbocycles. The van der Waals surface area contributed by atoms with E-state index in [1.54, 1.807) is 30.3 Å². The number of carbonyl (C=O) groups is 1. The lowest BCUT2D eigenvalue weighted by molar-refractivity contribution is -0.116. The van der Waals surface area contributed by atoms with E-state index in [2.05, 4.69) is 5.32 Å². The average Bonchev–Trinajstić information content (AvgIpc) is 2.68. The predicted octanol–water partition coefficient (Wildman–Crippen LogP) is 3.40. The van der Waals surface area contributed by atoms with E-state index in [9.17, 15) is 13.2 Å². The quantitative estimate of drug-likeness (QED) is 0.664. The number of ether oxygens (including phenoxy) is 2. The maximum absolute atomic E-state index is 12.6. The van der Waals surface area contributed by atoms with Gasteiger partial charge in [-0.3, -0.25) is 4.79 Å². The van der Waals surface area contributed by atoms with Crippen LogP contribution in [0.15, 0.2) is 47.4 Å². The van der Waals surface area contributed by atoms with Crippen molar-refractivity contribution >= 4 is 33.2 Å². The molecular formula is C19H23ClN2O5S. The van der Waals surface area contributed by atoms with Gasteiger partial charge < -0.3 is 14.8 Å². The van der Waals surface area contributed by atoms with Crippen molar-refractivity contribution < 1.29 is 22.7 Å². The molecule has 28 heavy (non-hydrogen) atoms. The maximum Gasteiger partial charge on any atom is 0.242 e. The Labute approximate surface area is 170 Å². The highest BCUT2D eigenvalue weighted by Gasteiger charge is 2.20. The third-order valence-electron chi connectivity index (χ3n) is 4.08. The molecule has 0 spiro atoms. The third-order valence-corrected chi connectivity index (χ3v) is 6.25. The van der Waals surface area contributed by atoms with Crippen LogP contribution >= 0.6 is 11.6 Å². The van der Waals surface area contributed by atoms with Gasteiger partial charge in [0.1, 0.15) is 11.5 Å². The van der Waals surface area contributed by atoms with Gasteiger partial charge in [-0.15, -0.1) is 0 Å². The van der Waals surface area contributed by atoms with Gasteiger partial charge in [-0.2, -0.15) is 0 Å². The van der Waals surface area contributed by atoms with Gasteiger partial charge in [-0.25, -0.2) is 12.7 Å². The van der Waals surface area contributed by atoms with Crippen molar-refractivity contribution in [2.45, 2.75) is 17.7 Å². The van der Waals surface area contributed by atoms with Crippen molar-refractivity contribution in [2.24, 2.45) is 0 Å². The van der Waals surface area contributed by atoms with Gasteiger partial charge in [0, 0.05) is 25.7 Å². The summed E-state index contributed by atoms with van der Waals surface area (Å²) in [5, 5.41) is 3.12. The van der Waals surface area contributed by atoms with Crippen LogP contribution in [0.4, 0.5) is 5.69 Å². The smallest absolute Gasteiger partial charge is 0.242 e. The molecule has 0 aliphatic rings. The number of carbonyl (C=O) groups excluding carboxylic acids is 1. The second-order valence-electron chi connectivity index (χ2n) is 6.00. The second-order valence-corrected chi connectivity index (χ2v) is 8.46. The number of methoxy groups -OCH3 is 2. The molecule has 1 amide bonds. The Morgan fingerprint density at radius 1 is 1.11 bits per heavy atom. The summed E-state index contributed by atoms with van der Waals surface area (Å²) in [4.78, 5) is 12.3. The standard InChI is InChI=1S/C19H23ClN2O5S/c1-22(28(24,25)16-9-7-15(26-2)8-10-16)12-4-5-19(23)21-14-6-11-18(27-3)17(20)13-14/h6-11,13H,4-5,12H2,1-3H3,(H,21,23). The Balaban J connectivity index is 1.87. The zero-order valence-electron chi connectivity index (χ0n) is 15.9. The number of amides is 1. The van der Waals surface area contributed by atoms with Crippen LogP contribution in [0, 0.1) is 0 Å². The molecule has 0 aromatic heterocycles. The van der Waals surface area contributed by atoms with E-state index in [1.165, 1.54) is 37.7 Å². The van der Waals surface area contributed by atoms with Crippen molar-refractivity contribution in [3.63, 3.8) is 0 Å². The minimum atomic E-state index is -3.62. The normalized spacial score (nSPS) is 11.3. The predicted molar refractivity (Wildman–Crippen MR) is 109 cm³/mol. The molecule has 0 aliphatic carbocycles. The van der Waals surface area contributed by atoms with Crippen LogP contribution in [0.1, 0.15) is 12.8 Å². The fourth-order valence-electron chi connectivity index (χ4n) is 2.48. The number of hydrogen-bond donors (Lipinski definition) is 1. The molecule has 0 fully saturated rings. The van der Waals surface area contributed by atoms with Crippen LogP contribution in [0.3, 0.4) is 0 Å². The summed E-state index contributed by atoms with van der Waals surface area (Å²) in [5.41, 5.74) is 0.551. The number of halogens is 1. The molecule has 7 nitrogen and oxygen atoms in total. The van der Waals surface area contributed by atoms with Crippen molar-refractivity contribution in [2.75, 3.05) is 33.1 Å². The topological polar surface area (TPSA) is 84.9 Å². The van der Waals surface area contributed by atoms with E-state index in [1.807, 2.05) is 0 Å². The number of benzene rings is 2. The second kappa shape index (κ2) is 9.77. The van der Waals surface area contributed by atoms with Crippen LogP contribution in [0.5, 0.6) is 11.5 Å². The SMILES string of the molecule is COc1ccc(S(=O)(=O)N(C)CCCC(=O)Nc2ccc(OC)c(Cl)c2)cc1. The highest BCUT2D eigenvalue weighted by Crippen LogP contribution is 2.27. The fraction of sp³-hybridized carbons (Fsp3) is 0.316. The molecule has 2 aromatic rings. The molecule has 0 saturated heterocycles. The van der Waals surface area contributed by atoms with E-state index >= 15 is 0 Å². The number of anilines is 1. The van der Waals surface area contributed by atoms with Gasteiger partial charge in [-0.05, 0) is 48.9 Å². The van der Waals surface area contributed by atoms with Gasteiger partial charge in [0.05, 0.1) is 24.1 Å². The molecule has 0 atom stereocenters. The van der Waals surface area contributed by atoms with Crippen LogP contribution in [-0.2, 0) is 14.8 Å². The monoisotopic (exact) mass is 426 g/mol. The van der Waals surface area contributed by atoms with Gasteiger partial charge in [0.25, 0.3) is 0 Å². The van der Waals surface area contributed by atoms with Crippen molar-refractivity contribution in [3.8, 4) is 11.5 Å². The summed E-state index contributed by atoms with van der Waals surface area (Å²) in [7, 11) is 0.892. The molecule has 0 unspecified atom stereocenters. The third kappa shape index (κ3) is 5.60. The van der Waals surface area contributed by atoms with E-state index in [4.69, 9.17) is 21.1 Å². The number of hydrogen-bond acceptors (Lipinski definition) is 5. The van der Waals surface area contributed by atoms with E-state index in [0.29, 0.717) is 28.6 Å². The van der Waals surface area contributed by atoms with Crippen LogP contribution in [-0.4, -0.2) is 46.4 Å². The summed E-state index contributed by atoms with van der Waals surface area (Å²) in [6.07, 6.45) is 0.549. The maximum atomic E-state index is 12.6. The molecule has 9 heteroatoms. The first-order valence-electron chi connectivity index (χ1n) is 8.51. The lowest BCUT2D eigenvalue weighted by Crippen LogP contribution is -2.28. The average molecular weight is 427 g/mol. The first-order chi connectivity index (χ1) is 13.3. The fourth-order valence-corrected chi connectivity index (χ4v) is 3.94. The summed E-state index contributed by atoms with van der Waals surface area (Å²) < 4.78 is 36.4. The molecule has 2 rings (SSSR count). The summed E-state index contributed by atoms with van der Waals surface area (Å²) in [6, 6.07) is 11.1. The molecule has 1 N–H and O–H groups in total. The van der Waals surface area contributed by atoms with Gasteiger partial charge in [-0.1, -0.05) is 11.6 Å². The molecule has 0 aliphatic heterocycles. The van der Waals surface area contributed by atoms with E-state index in [-0.39, 0.29) is 23.8 Å². The summed E-state index contributed by atoms with van der Waals surface area (Å²) >= 11 is 6.03. The minimum Gasteiger partial charge on any atom is -0.497 e. The lowest BCUT2D eigenvalue weighted by atomic mass is 10.2. The molecule has 2 aromatic carbocycles. The highest BCUT2D eigenvalue weighted by atomic mass is 35.5. The largest absolute Gasteiger partial charge is 0.497 e. The van der Waals surface area contributed by atoms with Gasteiger partial charge in [0.15, 0.2) is 0 Å². The number of nitrogens with zero attached hydrogens (tertiary/aromatic N) is 1. The Morgan fingerprint density at radius 2 is 1.79 bits per heavy atom. The molecule has 0 heterocycles. The minimum absolute atomic E-state index is 0.173. The lowest BCUT2D eigenvalue weighted by Gasteiger charge is -2.17. The number of rotatable bonds is 9.